The van der Waals surface area contributed by atoms with Crippen molar-refractivity contribution in [2.75, 3.05) is 19.7 Å². The van der Waals surface area contributed by atoms with Gasteiger partial charge in [-0.05, 0) is 57.3 Å². The lowest BCUT2D eigenvalue weighted by Crippen LogP contribution is -2.56. The molecule has 1 aliphatic carbocycles. The number of aliphatic hydroxyl groups is 1. The number of piperidine rings is 1. The summed E-state index contributed by atoms with van der Waals surface area (Å²) in [6.45, 7) is 2.04. The van der Waals surface area contributed by atoms with E-state index in [0.717, 1.165) is 50.9 Å². The van der Waals surface area contributed by atoms with E-state index < -0.39 is 0 Å². The molecule has 1 aliphatic heterocycles. The van der Waals surface area contributed by atoms with Crippen LogP contribution < -0.4 is 10.6 Å². The summed E-state index contributed by atoms with van der Waals surface area (Å²) in [6, 6.07) is 4.21. The topological polar surface area (TPSA) is 66.3 Å². The summed E-state index contributed by atoms with van der Waals surface area (Å²) in [5.41, 5.74) is 0.344. The molecule has 0 aromatic carbocycles. The number of rotatable bonds is 4. The summed E-state index contributed by atoms with van der Waals surface area (Å²) in [5.74, 6) is -0.0534. The molecule has 3 N–H and O–H groups in total. The molecule has 0 spiro atoms. The van der Waals surface area contributed by atoms with Crippen LogP contribution in [-0.2, 0) is 0 Å². The van der Waals surface area contributed by atoms with E-state index in [1.807, 2.05) is 18.3 Å². The molecule has 20 heavy (non-hydrogen) atoms. The van der Waals surface area contributed by atoms with Crippen LogP contribution in [0.15, 0.2) is 18.3 Å². The monoisotopic (exact) mass is 277 g/mol. The number of nitrogens with zero attached hydrogens (tertiary/aromatic N) is 1. The van der Waals surface area contributed by atoms with Crippen molar-refractivity contribution >= 4 is 5.91 Å². The Morgan fingerprint density at radius 1 is 1.45 bits per heavy atom. The largest absolute Gasteiger partial charge is 0.394 e. The number of carbonyl (C=O) groups is 1. The SMILES string of the molecule is O=C(NC1(CO)CCC1)c1cccn1C1CCNCC1. The van der Waals surface area contributed by atoms with E-state index in [9.17, 15) is 9.90 Å². The van der Waals surface area contributed by atoms with Gasteiger partial charge in [0.15, 0.2) is 0 Å². The highest BCUT2D eigenvalue weighted by Gasteiger charge is 2.38. The molecule has 0 unspecified atom stereocenters. The molecule has 3 rings (SSSR count). The predicted octanol–water partition coefficient (Wildman–Crippen LogP) is 1.06. The molecule has 1 saturated carbocycles. The third kappa shape index (κ3) is 2.47. The van der Waals surface area contributed by atoms with Crippen molar-refractivity contribution < 1.29 is 9.90 Å². The number of aliphatic hydroxyl groups excluding tert-OH is 1. The average molecular weight is 277 g/mol. The number of nitrogens with one attached hydrogen (secondary N) is 2. The molecular formula is C15H23N3O2. The van der Waals surface area contributed by atoms with E-state index in [1.165, 1.54) is 0 Å². The minimum absolute atomic E-state index is 0.0345. The van der Waals surface area contributed by atoms with Gasteiger partial charge in [0.1, 0.15) is 5.69 Å². The lowest BCUT2D eigenvalue weighted by Gasteiger charge is -2.41. The van der Waals surface area contributed by atoms with Gasteiger partial charge in [0.2, 0.25) is 0 Å². The maximum Gasteiger partial charge on any atom is 0.268 e. The van der Waals surface area contributed by atoms with Gasteiger partial charge in [0.05, 0.1) is 12.1 Å². The van der Waals surface area contributed by atoms with Gasteiger partial charge in [0, 0.05) is 12.2 Å². The highest BCUT2D eigenvalue weighted by atomic mass is 16.3. The molecule has 0 bridgehead atoms. The molecule has 2 aliphatic rings. The fourth-order valence-corrected chi connectivity index (χ4v) is 3.22. The summed E-state index contributed by atoms with van der Waals surface area (Å²) in [7, 11) is 0. The Hall–Kier alpha value is -1.33. The van der Waals surface area contributed by atoms with E-state index in [0.29, 0.717) is 6.04 Å². The molecular weight excluding hydrogens is 254 g/mol. The van der Waals surface area contributed by atoms with Crippen LogP contribution in [0.25, 0.3) is 0 Å². The molecule has 1 aromatic heterocycles. The number of aromatic nitrogens is 1. The van der Waals surface area contributed by atoms with E-state index in [4.69, 9.17) is 0 Å². The first kappa shape index (κ1) is 13.6. The summed E-state index contributed by atoms with van der Waals surface area (Å²) < 4.78 is 2.10. The normalized spacial score (nSPS) is 22.2. The van der Waals surface area contributed by atoms with E-state index in [-0.39, 0.29) is 18.1 Å². The van der Waals surface area contributed by atoms with Crippen molar-refractivity contribution in [2.24, 2.45) is 0 Å². The number of amides is 1. The summed E-state index contributed by atoms with van der Waals surface area (Å²) in [4.78, 5) is 12.5. The minimum Gasteiger partial charge on any atom is -0.394 e. The van der Waals surface area contributed by atoms with Crippen LogP contribution in [0.1, 0.15) is 48.6 Å². The quantitative estimate of drug-likeness (QED) is 0.771. The van der Waals surface area contributed by atoms with Gasteiger partial charge in [-0.1, -0.05) is 0 Å². The maximum atomic E-state index is 12.5. The maximum absolute atomic E-state index is 12.5. The Kier molecular flexibility index (Phi) is 3.81. The fourth-order valence-electron chi connectivity index (χ4n) is 3.22. The van der Waals surface area contributed by atoms with Crippen molar-refractivity contribution in [3.8, 4) is 0 Å². The lowest BCUT2D eigenvalue weighted by molar-refractivity contribution is 0.0631. The van der Waals surface area contributed by atoms with Crippen LogP contribution in [0, 0.1) is 0 Å². The second kappa shape index (κ2) is 5.58. The van der Waals surface area contributed by atoms with Crippen molar-refractivity contribution in [1.29, 1.82) is 0 Å². The molecule has 2 heterocycles. The summed E-state index contributed by atoms with van der Waals surface area (Å²) >= 11 is 0. The first-order valence-corrected chi connectivity index (χ1v) is 7.55. The van der Waals surface area contributed by atoms with Crippen LogP contribution in [0.3, 0.4) is 0 Å². The van der Waals surface area contributed by atoms with Gasteiger partial charge in [-0.2, -0.15) is 0 Å². The lowest BCUT2D eigenvalue weighted by atomic mass is 9.77. The summed E-state index contributed by atoms with van der Waals surface area (Å²) in [6.07, 6.45) is 6.94. The highest BCUT2D eigenvalue weighted by Crippen LogP contribution is 2.31. The predicted molar refractivity (Wildman–Crippen MR) is 76.7 cm³/mol. The average Bonchev–Trinajstić information content (AvgIpc) is 2.93. The Morgan fingerprint density at radius 3 is 2.80 bits per heavy atom. The number of hydrogen-bond acceptors (Lipinski definition) is 3. The van der Waals surface area contributed by atoms with E-state index >= 15 is 0 Å². The third-order valence-electron chi connectivity index (χ3n) is 4.71. The summed E-state index contributed by atoms with van der Waals surface area (Å²) in [5, 5.41) is 15.9. The smallest absolute Gasteiger partial charge is 0.268 e. The second-order valence-electron chi connectivity index (χ2n) is 6.03. The van der Waals surface area contributed by atoms with Crippen LogP contribution in [0.5, 0.6) is 0 Å². The number of hydrogen-bond donors (Lipinski definition) is 3. The first-order valence-electron chi connectivity index (χ1n) is 7.55. The van der Waals surface area contributed by atoms with Gasteiger partial charge < -0.3 is 20.3 Å². The van der Waals surface area contributed by atoms with Gasteiger partial charge in [-0.3, -0.25) is 4.79 Å². The minimum atomic E-state index is -0.375. The molecule has 1 amide bonds. The van der Waals surface area contributed by atoms with Crippen LogP contribution in [-0.4, -0.2) is 40.8 Å². The molecule has 0 atom stereocenters. The highest BCUT2D eigenvalue weighted by molar-refractivity contribution is 5.93. The number of carbonyl (C=O) groups excluding carboxylic acids is 1. The zero-order valence-electron chi connectivity index (χ0n) is 11.8. The molecule has 5 heteroatoms. The van der Waals surface area contributed by atoms with Crippen LogP contribution in [0.4, 0.5) is 0 Å². The van der Waals surface area contributed by atoms with Gasteiger partial charge >= 0.3 is 0 Å². The van der Waals surface area contributed by atoms with E-state index in [1.54, 1.807) is 0 Å². The van der Waals surface area contributed by atoms with Gasteiger partial charge in [0.25, 0.3) is 5.91 Å². The van der Waals surface area contributed by atoms with E-state index in [2.05, 4.69) is 15.2 Å². The van der Waals surface area contributed by atoms with Gasteiger partial charge in [-0.15, -0.1) is 0 Å². The molecule has 1 aromatic rings. The van der Waals surface area contributed by atoms with Crippen molar-refractivity contribution in [3.05, 3.63) is 24.0 Å². The van der Waals surface area contributed by atoms with Crippen LogP contribution >= 0.6 is 0 Å². The Morgan fingerprint density at radius 2 is 2.20 bits per heavy atom. The molecule has 110 valence electrons. The standard InChI is InChI=1S/C15H23N3O2/c19-11-15(6-2-7-15)17-14(20)13-3-1-10-18(13)12-4-8-16-9-5-12/h1,3,10,12,16,19H,2,4-9,11H2,(H,17,20). The van der Waals surface area contributed by atoms with Crippen molar-refractivity contribution in [3.63, 3.8) is 0 Å². The molecule has 1 saturated heterocycles. The van der Waals surface area contributed by atoms with Crippen molar-refractivity contribution in [2.45, 2.75) is 43.7 Å². The first-order chi connectivity index (χ1) is 9.74. The Balaban J connectivity index is 1.73. The van der Waals surface area contributed by atoms with Gasteiger partial charge in [-0.25, -0.2) is 0 Å². The Bertz CT molecular complexity index is 468. The molecule has 0 radical (unpaired) electrons. The fraction of sp³-hybridized carbons (Fsp3) is 0.667. The third-order valence-corrected chi connectivity index (χ3v) is 4.71. The van der Waals surface area contributed by atoms with Crippen LogP contribution in [0.2, 0.25) is 0 Å². The molecule has 5 nitrogen and oxygen atoms in total. The Labute approximate surface area is 119 Å². The second-order valence-corrected chi connectivity index (χ2v) is 6.03. The zero-order chi connectivity index (χ0) is 14.0. The zero-order valence-corrected chi connectivity index (χ0v) is 11.8. The van der Waals surface area contributed by atoms with Crippen molar-refractivity contribution in [1.82, 2.24) is 15.2 Å². The molecule has 2 fully saturated rings.